The summed E-state index contributed by atoms with van der Waals surface area (Å²) in [4.78, 5) is 22.4. The number of ether oxygens (including phenoxy) is 1. The molecule has 0 saturated carbocycles. The van der Waals surface area contributed by atoms with Crippen LogP contribution in [0.5, 0.6) is 0 Å². The van der Waals surface area contributed by atoms with Gasteiger partial charge in [0.1, 0.15) is 5.25 Å². The third kappa shape index (κ3) is 3.01. The lowest BCUT2D eigenvalue weighted by molar-refractivity contribution is -0.139. The molecule has 1 saturated heterocycles. The highest BCUT2D eigenvalue weighted by Crippen LogP contribution is 2.35. The average molecular weight is 362 g/mol. The highest BCUT2D eigenvalue weighted by molar-refractivity contribution is 9.10. The van der Waals surface area contributed by atoms with E-state index in [0.717, 1.165) is 0 Å². The van der Waals surface area contributed by atoms with Crippen LogP contribution in [0.1, 0.15) is 22.8 Å². The van der Waals surface area contributed by atoms with Crippen molar-refractivity contribution in [1.29, 1.82) is 0 Å². The minimum atomic E-state index is -3.67. The molecule has 1 N–H and O–H groups in total. The number of amides is 1. The topological polar surface area (TPSA) is 89.5 Å². The zero-order valence-electron chi connectivity index (χ0n) is 10.6. The Morgan fingerprint density at radius 3 is 2.70 bits per heavy atom. The van der Waals surface area contributed by atoms with Crippen LogP contribution in [0.3, 0.4) is 0 Å². The summed E-state index contributed by atoms with van der Waals surface area (Å²) in [6.07, 6.45) is 0.00125. The molecule has 0 radical (unpaired) electrons. The first-order chi connectivity index (χ1) is 9.33. The number of nitrogens with one attached hydrogen (secondary N) is 1. The Morgan fingerprint density at radius 1 is 1.50 bits per heavy atom. The number of sulfonamides is 1. The van der Waals surface area contributed by atoms with E-state index >= 15 is 0 Å². The van der Waals surface area contributed by atoms with Crippen LogP contribution in [-0.2, 0) is 30.8 Å². The van der Waals surface area contributed by atoms with Crippen LogP contribution in [0, 0.1) is 0 Å². The van der Waals surface area contributed by atoms with Crippen LogP contribution in [0.15, 0.2) is 22.7 Å². The summed E-state index contributed by atoms with van der Waals surface area (Å²) >= 11 is 3.28. The van der Waals surface area contributed by atoms with Crippen molar-refractivity contribution in [3.63, 3.8) is 0 Å². The van der Waals surface area contributed by atoms with Crippen molar-refractivity contribution in [3.8, 4) is 0 Å². The number of carbonyl (C=O) groups is 2. The SMILES string of the molecule is COC(=O)Cc1ccc(C2CC(=O)NS2(=O)=O)c(Br)c1. The summed E-state index contributed by atoms with van der Waals surface area (Å²) in [5.41, 5.74) is 1.19. The molecule has 1 aromatic carbocycles. The van der Waals surface area contributed by atoms with Crippen molar-refractivity contribution >= 4 is 37.8 Å². The van der Waals surface area contributed by atoms with Gasteiger partial charge in [-0.1, -0.05) is 28.1 Å². The van der Waals surface area contributed by atoms with E-state index < -0.39 is 21.2 Å². The number of hydrogen-bond acceptors (Lipinski definition) is 5. The third-order valence-corrected chi connectivity index (χ3v) is 5.36. The molecule has 108 valence electrons. The number of rotatable bonds is 3. The second-order valence-corrected chi connectivity index (χ2v) is 7.09. The van der Waals surface area contributed by atoms with E-state index in [2.05, 4.69) is 20.7 Å². The predicted molar refractivity (Wildman–Crippen MR) is 74.3 cm³/mol. The summed E-state index contributed by atoms with van der Waals surface area (Å²) in [6, 6.07) is 4.91. The van der Waals surface area contributed by atoms with Crippen molar-refractivity contribution in [2.45, 2.75) is 18.1 Å². The fraction of sp³-hybridized carbons (Fsp3) is 0.333. The zero-order chi connectivity index (χ0) is 14.9. The molecule has 8 heteroatoms. The van der Waals surface area contributed by atoms with Gasteiger partial charge >= 0.3 is 5.97 Å². The Morgan fingerprint density at radius 2 is 2.20 bits per heavy atom. The van der Waals surface area contributed by atoms with E-state index in [1.165, 1.54) is 7.11 Å². The number of benzene rings is 1. The minimum absolute atomic E-state index is 0.0999. The van der Waals surface area contributed by atoms with Crippen molar-refractivity contribution < 1.29 is 22.7 Å². The molecule has 20 heavy (non-hydrogen) atoms. The first-order valence-electron chi connectivity index (χ1n) is 5.73. The van der Waals surface area contributed by atoms with Crippen molar-refractivity contribution in [2.75, 3.05) is 7.11 Å². The maximum absolute atomic E-state index is 11.8. The summed E-state index contributed by atoms with van der Waals surface area (Å²) in [7, 11) is -2.37. The predicted octanol–water partition coefficient (Wildman–Crippen LogP) is 1.06. The normalized spacial score (nSPS) is 20.5. The van der Waals surface area contributed by atoms with E-state index in [-0.39, 0.29) is 18.8 Å². The van der Waals surface area contributed by atoms with Gasteiger partial charge in [0, 0.05) is 4.47 Å². The molecule has 1 atom stereocenters. The maximum Gasteiger partial charge on any atom is 0.309 e. The van der Waals surface area contributed by atoms with Crippen molar-refractivity contribution in [3.05, 3.63) is 33.8 Å². The Hall–Kier alpha value is -1.41. The van der Waals surface area contributed by atoms with Gasteiger partial charge in [0.15, 0.2) is 0 Å². The van der Waals surface area contributed by atoms with Crippen LogP contribution in [0.2, 0.25) is 0 Å². The fourth-order valence-electron chi connectivity index (χ4n) is 2.01. The zero-order valence-corrected chi connectivity index (χ0v) is 13.0. The molecule has 1 amide bonds. The fourth-order valence-corrected chi connectivity index (χ4v) is 4.31. The Balaban J connectivity index is 2.31. The number of hydrogen-bond donors (Lipinski definition) is 1. The van der Waals surface area contributed by atoms with Crippen LogP contribution in [0.4, 0.5) is 0 Å². The highest BCUT2D eigenvalue weighted by atomic mass is 79.9. The monoisotopic (exact) mass is 361 g/mol. The maximum atomic E-state index is 11.8. The number of carbonyl (C=O) groups excluding carboxylic acids is 2. The van der Waals surface area contributed by atoms with Gasteiger partial charge in [-0.05, 0) is 17.2 Å². The lowest BCUT2D eigenvalue weighted by Crippen LogP contribution is -2.21. The second kappa shape index (κ2) is 5.53. The van der Waals surface area contributed by atoms with Gasteiger partial charge in [-0.15, -0.1) is 0 Å². The van der Waals surface area contributed by atoms with Crippen molar-refractivity contribution in [1.82, 2.24) is 4.72 Å². The molecule has 0 bridgehead atoms. The molecule has 2 rings (SSSR count). The minimum Gasteiger partial charge on any atom is -0.469 e. The van der Waals surface area contributed by atoms with Gasteiger partial charge < -0.3 is 4.74 Å². The molecule has 1 heterocycles. The van der Waals surface area contributed by atoms with E-state index in [1.54, 1.807) is 18.2 Å². The molecule has 1 aliphatic heterocycles. The van der Waals surface area contributed by atoms with Gasteiger partial charge in [0.05, 0.1) is 20.0 Å². The molecule has 1 fully saturated rings. The summed E-state index contributed by atoms with van der Waals surface area (Å²) < 4.78 is 30.7. The molecule has 1 aliphatic rings. The first-order valence-corrected chi connectivity index (χ1v) is 8.07. The van der Waals surface area contributed by atoms with E-state index in [9.17, 15) is 18.0 Å². The molecule has 0 aliphatic carbocycles. The quantitative estimate of drug-likeness (QED) is 0.812. The van der Waals surface area contributed by atoms with Gasteiger partial charge in [0.2, 0.25) is 15.9 Å². The number of esters is 1. The number of halogens is 1. The third-order valence-electron chi connectivity index (χ3n) is 2.99. The van der Waals surface area contributed by atoms with E-state index in [1.807, 2.05) is 4.72 Å². The molecule has 0 aromatic heterocycles. The average Bonchev–Trinajstić information content (AvgIpc) is 2.62. The Bertz CT molecular complexity index is 670. The number of methoxy groups -OCH3 is 1. The molecule has 1 unspecified atom stereocenters. The largest absolute Gasteiger partial charge is 0.469 e. The van der Waals surface area contributed by atoms with E-state index in [4.69, 9.17) is 0 Å². The van der Waals surface area contributed by atoms with Gasteiger partial charge in [0.25, 0.3) is 0 Å². The summed E-state index contributed by atoms with van der Waals surface area (Å²) in [5, 5.41) is -0.906. The lowest BCUT2D eigenvalue weighted by atomic mass is 10.1. The lowest BCUT2D eigenvalue weighted by Gasteiger charge is -2.11. The molecule has 6 nitrogen and oxygen atoms in total. The van der Waals surface area contributed by atoms with Crippen LogP contribution in [0.25, 0.3) is 0 Å². The van der Waals surface area contributed by atoms with E-state index in [0.29, 0.717) is 15.6 Å². The summed E-state index contributed by atoms with van der Waals surface area (Å²) in [6.45, 7) is 0. The Labute approximate surface area is 124 Å². The smallest absolute Gasteiger partial charge is 0.309 e. The first kappa shape index (κ1) is 15.0. The van der Waals surface area contributed by atoms with Gasteiger partial charge in [-0.25, -0.2) is 8.42 Å². The van der Waals surface area contributed by atoms with Gasteiger partial charge in [-0.2, -0.15) is 0 Å². The molecule has 1 aromatic rings. The Kier molecular flexibility index (Phi) is 4.14. The summed E-state index contributed by atoms with van der Waals surface area (Å²) in [5.74, 6) is -0.893. The molecular formula is C12H12BrNO5S. The second-order valence-electron chi connectivity index (χ2n) is 4.37. The molecular weight excluding hydrogens is 350 g/mol. The standard InChI is InChI=1S/C12H12BrNO5S/c1-19-12(16)5-7-2-3-8(9(13)4-7)10-6-11(15)14-20(10,17)18/h2-4,10H,5-6H2,1H3,(H,14,15). The van der Waals surface area contributed by atoms with Crippen LogP contribution >= 0.6 is 15.9 Å². The highest BCUT2D eigenvalue weighted by Gasteiger charge is 2.38. The van der Waals surface area contributed by atoms with Crippen LogP contribution < -0.4 is 4.72 Å². The molecule has 0 spiro atoms. The van der Waals surface area contributed by atoms with Crippen molar-refractivity contribution in [2.24, 2.45) is 0 Å². The van der Waals surface area contributed by atoms with Crippen LogP contribution in [-0.4, -0.2) is 27.4 Å². The van der Waals surface area contributed by atoms with Gasteiger partial charge in [-0.3, -0.25) is 14.3 Å².